The summed E-state index contributed by atoms with van der Waals surface area (Å²) in [5.74, 6) is 0.940. The summed E-state index contributed by atoms with van der Waals surface area (Å²) in [7, 11) is 2.07. The SMILES string of the molecule is CCC(CC)N(C)c1nnc(Cl)c(C)c1C. The summed E-state index contributed by atoms with van der Waals surface area (Å²) < 4.78 is 0. The second kappa shape index (κ2) is 5.48. The highest BCUT2D eigenvalue weighted by atomic mass is 35.5. The second-order valence-electron chi connectivity index (χ2n) is 4.15. The van der Waals surface area contributed by atoms with Crippen LogP contribution in [0.1, 0.15) is 37.8 Å². The Labute approximate surface area is 103 Å². The Balaban J connectivity index is 3.09. The van der Waals surface area contributed by atoms with Crippen molar-refractivity contribution in [2.75, 3.05) is 11.9 Å². The van der Waals surface area contributed by atoms with E-state index in [-0.39, 0.29) is 0 Å². The van der Waals surface area contributed by atoms with Gasteiger partial charge in [-0.25, -0.2) is 0 Å². The summed E-state index contributed by atoms with van der Waals surface area (Å²) >= 11 is 5.95. The van der Waals surface area contributed by atoms with Gasteiger partial charge >= 0.3 is 0 Å². The third-order valence-electron chi connectivity index (χ3n) is 3.26. The fourth-order valence-electron chi connectivity index (χ4n) is 1.91. The minimum absolute atomic E-state index is 0.499. The van der Waals surface area contributed by atoms with Crippen molar-refractivity contribution >= 4 is 17.4 Å². The lowest BCUT2D eigenvalue weighted by molar-refractivity contribution is 0.582. The zero-order chi connectivity index (χ0) is 12.3. The van der Waals surface area contributed by atoms with Gasteiger partial charge in [0.15, 0.2) is 11.0 Å². The maximum absolute atomic E-state index is 5.95. The van der Waals surface area contributed by atoms with Crippen molar-refractivity contribution in [2.45, 2.75) is 46.6 Å². The van der Waals surface area contributed by atoms with Crippen molar-refractivity contribution in [3.63, 3.8) is 0 Å². The minimum Gasteiger partial charge on any atom is -0.355 e. The number of aromatic nitrogens is 2. The van der Waals surface area contributed by atoms with E-state index in [1.54, 1.807) is 0 Å². The highest BCUT2D eigenvalue weighted by Gasteiger charge is 2.17. The monoisotopic (exact) mass is 241 g/mol. The van der Waals surface area contributed by atoms with Gasteiger partial charge in [-0.05, 0) is 37.8 Å². The van der Waals surface area contributed by atoms with E-state index in [9.17, 15) is 0 Å². The van der Waals surface area contributed by atoms with Crippen LogP contribution in [0.2, 0.25) is 5.15 Å². The molecule has 0 amide bonds. The highest BCUT2D eigenvalue weighted by molar-refractivity contribution is 6.30. The Morgan fingerprint density at radius 2 is 1.69 bits per heavy atom. The Hall–Kier alpha value is -0.830. The first-order valence-electron chi connectivity index (χ1n) is 5.75. The lowest BCUT2D eigenvalue weighted by Crippen LogP contribution is -2.32. The van der Waals surface area contributed by atoms with E-state index in [0.717, 1.165) is 29.8 Å². The zero-order valence-electron chi connectivity index (χ0n) is 10.7. The maximum atomic E-state index is 5.95. The van der Waals surface area contributed by atoms with Crippen molar-refractivity contribution in [2.24, 2.45) is 0 Å². The third-order valence-corrected chi connectivity index (χ3v) is 3.62. The first kappa shape index (κ1) is 13.2. The third kappa shape index (κ3) is 2.46. The molecule has 0 spiro atoms. The second-order valence-corrected chi connectivity index (χ2v) is 4.50. The largest absolute Gasteiger partial charge is 0.355 e. The van der Waals surface area contributed by atoms with Crippen LogP contribution in [-0.4, -0.2) is 23.3 Å². The van der Waals surface area contributed by atoms with Gasteiger partial charge in [-0.2, -0.15) is 0 Å². The standard InChI is InChI=1S/C12H20ClN3/c1-6-10(7-2)16(5)12-9(4)8(3)11(13)14-15-12/h10H,6-7H2,1-5H3. The van der Waals surface area contributed by atoms with Crippen LogP contribution in [0.15, 0.2) is 0 Å². The van der Waals surface area contributed by atoms with E-state index >= 15 is 0 Å². The van der Waals surface area contributed by atoms with Crippen LogP contribution < -0.4 is 4.90 Å². The Morgan fingerprint density at radius 1 is 1.12 bits per heavy atom. The molecule has 1 heterocycles. The Morgan fingerprint density at radius 3 is 2.19 bits per heavy atom. The van der Waals surface area contributed by atoms with E-state index in [1.807, 2.05) is 13.8 Å². The van der Waals surface area contributed by atoms with Crippen molar-refractivity contribution in [1.82, 2.24) is 10.2 Å². The van der Waals surface area contributed by atoms with Gasteiger partial charge in [-0.15, -0.1) is 10.2 Å². The van der Waals surface area contributed by atoms with Crippen molar-refractivity contribution in [3.8, 4) is 0 Å². The molecule has 0 atom stereocenters. The van der Waals surface area contributed by atoms with Crippen LogP contribution >= 0.6 is 11.6 Å². The van der Waals surface area contributed by atoms with E-state index in [2.05, 4.69) is 36.0 Å². The van der Waals surface area contributed by atoms with Crippen molar-refractivity contribution < 1.29 is 0 Å². The molecule has 0 bridgehead atoms. The predicted molar refractivity (Wildman–Crippen MR) is 69.3 cm³/mol. The summed E-state index contributed by atoms with van der Waals surface area (Å²) in [5.41, 5.74) is 2.14. The van der Waals surface area contributed by atoms with Crippen molar-refractivity contribution in [3.05, 3.63) is 16.3 Å². The smallest absolute Gasteiger partial charge is 0.155 e. The van der Waals surface area contributed by atoms with Gasteiger partial charge in [0.25, 0.3) is 0 Å². The van der Waals surface area contributed by atoms with Crippen LogP contribution in [-0.2, 0) is 0 Å². The maximum Gasteiger partial charge on any atom is 0.155 e. The molecule has 0 saturated heterocycles. The number of hydrogen-bond donors (Lipinski definition) is 0. The number of rotatable bonds is 4. The topological polar surface area (TPSA) is 29.0 Å². The van der Waals surface area contributed by atoms with Crippen LogP contribution in [0.5, 0.6) is 0 Å². The van der Waals surface area contributed by atoms with Crippen LogP contribution in [0, 0.1) is 13.8 Å². The molecule has 0 fully saturated rings. The van der Waals surface area contributed by atoms with E-state index in [1.165, 1.54) is 0 Å². The molecule has 4 heteroatoms. The number of nitrogens with zero attached hydrogens (tertiary/aromatic N) is 3. The lowest BCUT2D eigenvalue weighted by Gasteiger charge is -2.28. The van der Waals surface area contributed by atoms with E-state index in [4.69, 9.17) is 11.6 Å². The quantitative estimate of drug-likeness (QED) is 0.809. The van der Waals surface area contributed by atoms with Gasteiger partial charge < -0.3 is 4.90 Å². The zero-order valence-corrected chi connectivity index (χ0v) is 11.5. The Kier molecular flexibility index (Phi) is 4.54. The van der Waals surface area contributed by atoms with E-state index in [0.29, 0.717) is 11.2 Å². The molecule has 0 aromatic carbocycles. The molecule has 16 heavy (non-hydrogen) atoms. The summed E-state index contributed by atoms with van der Waals surface area (Å²) in [6.45, 7) is 8.41. The van der Waals surface area contributed by atoms with Crippen molar-refractivity contribution in [1.29, 1.82) is 0 Å². The molecule has 3 nitrogen and oxygen atoms in total. The molecule has 0 aliphatic heterocycles. The molecular weight excluding hydrogens is 222 g/mol. The van der Waals surface area contributed by atoms with Gasteiger partial charge in [0.2, 0.25) is 0 Å². The van der Waals surface area contributed by atoms with Gasteiger partial charge in [0.05, 0.1) is 0 Å². The van der Waals surface area contributed by atoms with Crippen LogP contribution in [0.25, 0.3) is 0 Å². The Bertz CT molecular complexity index is 362. The molecule has 0 unspecified atom stereocenters. The molecule has 0 aliphatic rings. The van der Waals surface area contributed by atoms with Gasteiger partial charge in [0.1, 0.15) is 0 Å². The molecule has 0 N–H and O–H groups in total. The van der Waals surface area contributed by atoms with Gasteiger partial charge in [0, 0.05) is 13.1 Å². The average Bonchev–Trinajstić information content (AvgIpc) is 2.27. The molecule has 0 saturated carbocycles. The fraction of sp³-hybridized carbons (Fsp3) is 0.667. The van der Waals surface area contributed by atoms with Gasteiger partial charge in [-0.3, -0.25) is 0 Å². The summed E-state index contributed by atoms with van der Waals surface area (Å²) in [4.78, 5) is 2.20. The first-order chi connectivity index (χ1) is 7.52. The molecular formula is C12H20ClN3. The average molecular weight is 242 g/mol. The first-order valence-corrected chi connectivity index (χ1v) is 6.12. The van der Waals surface area contributed by atoms with Crippen LogP contribution in [0.4, 0.5) is 5.82 Å². The number of anilines is 1. The molecule has 1 aromatic heterocycles. The summed E-state index contributed by atoms with van der Waals surface area (Å²) in [5, 5.41) is 8.68. The minimum atomic E-state index is 0.499. The number of hydrogen-bond acceptors (Lipinski definition) is 3. The van der Waals surface area contributed by atoms with E-state index < -0.39 is 0 Å². The number of halogens is 1. The summed E-state index contributed by atoms with van der Waals surface area (Å²) in [6.07, 6.45) is 2.21. The fourth-order valence-corrected chi connectivity index (χ4v) is 2.09. The van der Waals surface area contributed by atoms with Gasteiger partial charge in [-0.1, -0.05) is 25.4 Å². The predicted octanol–water partition coefficient (Wildman–Crippen LogP) is 3.37. The summed E-state index contributed by atoms with van der Waals surface area (Å²) in [6, 6.07) is 0.508. The lowest BCUT2D eigenvalue weighted by atomic mass is 10.1. The van der Waals surface area contributed by atoms with Crippen LogP contribution in [0.3, 0.4) is 0 Å². The molecule has 0 radical (unpaired) electrons. The molecule has 90 valence electrons. The molecule has 1 aromatic rings. The molecule has 0 aliphatic carbocycles. The normalized spacial score (nSPS) is 10.9. The highest BCUT2D eigenvalue weighted by Crippen LogP contribution is 2.25. The molecule has 1 rings (SSSR count).